The van der Waals surface area contributed by atoms with E-state index < -0.39 is 6.10 Å². The zero-order chi connectivity index (χ0) is 24.5. The smallest absolute Gasteiger partial charge is 0.309 e. The number of carbonyl (C=O) groups excluding carboxylic acids is 3. The molecule has 4 atom stereocenters. The van der Waals surface area contributed by atoms with Gasteiger partial charge in [0.15, 0.2) is 6.10 Å². The number of nitrogens with one attached hydrogen (secondary N) is 1. The molecule has 2 aromatic carbocycles. The van der Waals surface area contributed by atoms with Crippen molar-refractivity contribution < 1.29 is 19.1 Å². The molecule has 5 nitrogen and oxygen atoms in total. The number of benzene rings is 2. The zero-order valence-electron chi connectivity index (χ0n) is 20.5. The van der Waals surface area contributed by atoms with Crippen LogP contribution in [-0.2, 0) is 19.1 Å². The van der Waals surface area contributed by atoms with Crippen LogP contribution in [-0.4, -0.2) is 24.2 Å². The fraction of sp³-hybridized carbons (Fsp3) is 0.483. The van der Waals surface area contributed by atoms with Gasteiger partial charge in [-0.2, -0.15) is 0 Å². The van der Waals surface area contributed by atoms with Crippen molar-refractivity contribution >= 4 is 18.2 Å². The van der Waals surface area contributed by atoms with E-state index in [1.54, 1.807) is 0 Å². The highest BCUT2D eigenvalue weighted by molar-refractivity contribution is 5.75. The van der Waals surface area contributed by atoms with Crippen molar-refractivity contribution in [3.63, 3.8) is 0 Å². The van der Waals surface area contributed by atoms with Gasteiger partial charge in [-0.25, -0.2) is 0 Å². The van der Waals surface area contributed by atoms with Crippen molar-refractivity contribution in [2.24, 2.45) is 23.7 Å². The first-order valence-corrected chi connectivity index (χ1v) is 12.5. The summed E-state index contributed by atoms with van der Waals surface area (Å²) >= 11 is 0. The van der Waals surface area contributed by atoms with Gasteiger partial charge in [0.25, 0.3) is 0 Å². The second-order valence-electron chi connectivity index (χ2n) is 9.50. The van der Waals surface area contributed by atoms with Gasteiger partial charge in [-0.3, -0.25) is 9.59 Å². The fourth-order valence-corrected chi connectivity index (χ4v) is 5.29. The summed E-state index contributed by atoms with van der Waals surface area (Å²) in [5.74, 6) is -0.609. The van der Waals surface area contributed by atoms with E-state index in [2.05, 4.69) is 19.2 Å². The maximum atomic E-state index is 13.4. The number of esters is 1. The number of rotatable bonds is 11. The first-order chi connectivity index (χ1) is 16.5. The molecule has 0 aromatic heterocycles. The van der Waals surface area contributed by atoms with Gasteiger partial charge in [-0.15, -0.1) is 0 Å². The summed E-state index contributed by atoms with van der Waals surface area (Å²) in [6, 6.07) is 19.3. The fourth-order valence-electron chi connectivity index (χ4n) is 5.29. The molecule has 182 valence electrons. The summed E-state index contributed by atoms with van der Waals surface area (Å²) in [4.78, 5) is 37.3. The molecule has 1 fully saturated rings. The Bertz CT molecular complexity index is 886. The zero-order valence-corrected chi connectivity index (χ0v) is 20.5. The van der Waals surface area contributed by atoms with Gasteiger partial charge >= 0.3 is 5.97 Å². The van der Waals surface area contributed by atoms with Crippen LogP contribution in [0.4, 0.5) is 0 Å². The SMILES string of the molecule is CCC(CC)C[C@H](NC(C)=O)[C@@H]1C[C@@H](C(=O)OC(c2ccccc2)c2ccccc2)C[C@H]1C=O. The molecule has 1 aliphatic carbocycles. The largest absolute Gasteiger partial charge is 0.452 e. The predicted molar refractivity (Wildman–Crippen MR) is 133 cm³/mol. The highest BCUT2D eigenvalue weighted by atomic mass is 16.5. The summed E-state index contributed by atoms with van der Waals surface area (Å²) in [6.07, 6.45) is 4.33. The number of carbonyl (C=O) groups is 3. The lowest BCUT2D eigenvalue weighted by Gasteiger charge is -2.30. The molecule has 0 radical (unpaired) electrons. The maximum absolute atomic E-state index is 13.4. The number of ether oxygens (including phenoxy) is 1. The summed E-state index contributed by atoms with van der Waals surface area (Å²) in [5.41, 5.74) is 1.82. The molecule has 1 N–H and O–H groups in total. The first-order valence-electron chi connectivity index (χ1n) is 12.5. The van der Waals surface area contributed by atoms with E-state index >= 15 is 0 Å². The molecular formula is C29H37NO4. The van der Waals surface area contributed by atoms with Crippen LogP contribution in [0.3, 0.4) is 0 Å². The lowest BCUT2D eigenvalue weighted by molar-refractivity contribution is -0.152. The molecule has 34 heavy (non-hydrogen) atoms. The van der Waals surface area contributed by atoms with Crippen molar-refractivity contribution in [2.75, 3.05) is 0 Å². The second-order valence-corrected chi connectivity index (χ2v) is 9.50. The normalized spacial score (nSPS) is 20.8. The lowest BCUT2D eigenvalue weighted by atomic mass is 9.82. The highest BCUT2D eigenvalue weighted by Gasteiger charge is 2.43. The van der Waals surface area contributed by atoms with Crippen LogP contribution in [0.2, 0.25) is 0 Å². The van der Waals surface area contributed by atoms with Crippen molar-refractivity contribution in [3.05, 3.63) is 71.8 Å². The third kappa shape index (κ3) is 6.55. The van der Waals surface area contributed by atoms with Crippen molar-refractivity contribution in [2.45, 2.75) is 65.0 Å². The Morgan fingerprint density at radius 1 is 0.971 bits per heavy atom. The summed E-state index contributed by atoms with van der Waals surface area (Å²) in [6.45, 7) is 5.82. The summed E-state index contributed by atoms with van der Waals surface area (Å²) in [5, 5.41) is 3.09. The van der Waals surface area contributed by atoms with Gasteiger partial charge < -0.3 is 14.8 Å². The Hall–Kier alpha value is -2.95. The Kier molecular flexibility index (Phi) is 9.43. The Balaban J connectivity index is 1.79. The van der Waals surface area contributed by atoms with Crippen LogP contribution >= 0.6 is 0 Å². The van der Waals surface area contributed by atoms with E-state index in [4.69, 9.17) is 4.74 Å². The van der Waals surface area contributed by atoms with E-state index in [1.165, 1.54) is 6.92 Å². The molecule has 0 heterocycles. The average Bonchev–Trinajstić information content (AvgIpc) is 3.30. The third-order valence-electron chi connectivity index (χ3n) is 7.26. The van der Waals surface area contributed by atoms with Gasteiger partial charge in [-0.05, 0) is 42.2 Å². The van der Waals surface area contributed by atoms with Gasteiger partial charge in [0, 0.05) is 18.9 Å². The minimum Gasteiger partial charge on any atom is -0.452 e. The Morgan fingerprint density at radius 3 is 2.00 bits per heavy atom. The molecule has 0 aliphatic heterocycles. The number of aldehydes is 1. The van der Waals surface area contributed by atoms with Crippen LogP contribution < -0.4 is 5.32 Å². The standard InChI is InChI=1S/C29H37NO4/c1-4-21(5-2)16-27(30-20(3)32)26-18-24(17-25(26)19-31)29(33)34-28(22-12-8-6-9-13-22)23-14-10-7-11-15-23/h6-15,19,21,24-28H,4-5,16-18H2,1-3H3,(H,30,32)/t24-,25-,26+,27-/m0/s1. The van der Waals surface area contributed by atoms with E-state index in [9.17, 15) is 14.4 Å². The molecule has 1 amide bonds. The molecule has 0 spiro atoms. The molecule has 1 aliphatic rings. The molecule has 0 bridgehead atoms. The molecule has 0 unspecified atom stereocenters. The topological polar surface area (TPSA) is 72.5 Å². The Morgan fingerprint density at radius 2 is 1.53 bits per heavy atom. The van der Waals surface area contributed by atoms with E-state index in [0.717, 1.165) is 36.7 Å². The first kappa shape index (κ1) is 25.7. The minimum absolute atomic E-state index is 0.0635. The average molecular weight is 464 g/mol. The molecular weight excluding hydrogens is 426 g/mol. The van der Waals surface area contributed by atoms with Gasteiger partial charge in [0.2, 0.25) is 5.91 Å². The molecule has 0 saturated heterocycles. The Labute approximate surface area is 203 Å². The third-order valence-corrected chi connectivity index (χ3v) is 7.26. The van der Waals surface area contributed by atoms with Crippen LogP contribution in [0.25, 0.3) is 0 Å². The molecule has 3 rings (SSSR count). The van der Waals surface area contributed by atoms with Crippen molar-refractivity contribution in [1.82, 2.24) is 5.32 Å². The van der Waals surface area contributed by atoms with Gasteiger partial charge in [0.1, 0.15) is 6.29 Å². The molecule has 1 saturated carbocycles. The lowest BCUT2D eigenvalue weighted by Crippen LogP contribution is -2.42. The minimum atomic E-state index is -0.501. The van der Waals surface area contributed by atoms with E-state index in [1.807, 2.05) is 60.7 Å². The summed E-state index contributed by atoms with van der Waals surface area (Å²) < 4.78 is 6.09. The maximum Gasteiger partial charge on any atom is 0.309 e. The molecule has 5 heteroatoms. The predicted octanol–water partition coefficient (Wildman–Crippen LogP) is 5.49. The van der Waals surface area contributed by atoms with E-state index in [-0.39, 0.29) is 35.7 Å². The van der Waals surface area contributed by atoms with Crippen LogP contribution in [0.1, 0.15) is 70.1 Å². The van der Waals surface area contributed by atoms with Crippen LogP contribution in [0.5, 0.6) is 0 Å². The number of amides is 1. The van der Waals surface area contributed by atoms with E-state index in [0.29, 0.717) is 18.8 Å². The number of hydrogen-bond donors (Lipinski definition) is 1. The quantitative estimate of drug-likeness (QED) is 0.353. The highest BCUT2D eigenvalue weighted by Crippen LogP contribution is 2.41. The van der Waals surface area contributed by atoms with Crippen molar-refractivity contribution in [1.29, 1.82) is 0 Å². The van der Waals surface area contributed by atoms with Gasteiger partial charge in [-0.1, -0.05) is 87.4 Å². The molecule has 2 aromatic rings. The number of hydrogen-bond acceptors (Lipinski definition) is 4. The van der Waals surface area contributed by atoms with Crippen molar-refractivity contribution in [3.8, 4) is 0 Å². The second kappa shape index (κ2) is 12.5. The monoisotopic (exact) mass is 463 g/mol. The van der Waals surface area contributed by atoms with Gasteiger partial charge in [0.05, 0.1) is 5.92 Å². The summed E-state index contributed by atoms with van der Waals surface area (Å²) in [7, 11) is 0. The van der Waals surface area contributed by atoms with Crippen LogP contribution in [0.15, 0.2) is 60.7 Å². The van der Waals surface area contributed by atoms with Crippen LogP contribution in [0, 0.1) is 23.7 Å².